The molecule has 0 atom stereocenters. The van der Waals surface area contributed by atoms with Crippen LogP contribution >= 0.6 is 15.9 Å². The summed E-state index contributed by atoms with van der Waals surface area (Å²) in [7, 11) is 0. The van der Waals surface area contributed by atoms with Crippen LogP contribution in [-0.2, 0) is 6.54 Å². The molecule has 1 aromatic heterocycles. The predicted octanol–water partition coefficient (Wildman–Crippen LogP) is 3.28. The fraction of sp³-hybridized carbons (Fsp3) is 0.286. The maximum absolute atomic E-state index is 5.61. The monoisotopic (exact) mass is 319 g/mol. The summed E-state index contributed by atoms with van der Waals surface area (Å²) >= 11 is 3.38. The Morgan fingerprint density at radius 3 is 2.53 bits per heavy atom. The first-order valence-corrected chi connectivity index (χ1v) is 7.08. The third-order valence-corrected chi connectivity index (χ3v) is 3.41. The first-order valence-electron chi connectivity index (χ1n) is 6.29. The lowest BCUT2D eigenvalue weighted by Crippen LogP contribution is -2.16. The summed E-state index contributed by atoms with van der Waals surface area (Å²) in [6.45, 7) is 0.774. The van der Waals surface area contributed by atoms with Gasteiger partial charge in [0.25, 0.3) is 0 Å². The van der Waals surface area contributed by atoms with E-state index < -0.39 is 0 Å². The van der Waals surface area contributed by atoms with Crippen LogP contribution in [0.3, 0.4) is 0 Å². The molecule has 1 heterocycles. The molecule has 1 N–H and O–H groups in total. The molecule has 1 fully saturated rings. The van der Waals surface area contributed by atoms with Crippen LogP contribution in [0.5, 0.6) is 11.6 Å². The van der Waals surface area contributed by atoms with Crippen LogP contribution in [0.15, 0.2) is 40.9 Å². The van der Waals surface area contributed by atoms with Crippen molar-refractivity contribution in [3.63, 3.8) is 0 Å². The number of nitrogens with one attached hydrogen (secondary N) is 1. The van der Waals surface area contributed by atoms with Crippen LogP contribution in [0, 0.1) is 0 Å². The Labute approximate surface area is 120 Å². The molecule has 0 spiro atoms. The highest BCUT2D eigenvalue weighted by molar-refractivity contribution is 9.10. The van der Waals surface area contributed by atoms with Gasteiger partial charge in [-0.05, 0) is 43.2 Å². The topological polar surface area (TPSA) is 47.0 Å². The van der Waals surface area contributed by atoms with Gasteiger partial charge in [-0.1, -0.05) is 15.9 Å². The normalized spacial score (nSPS) is 14.4. The van der Waals surface area contributed by atoms with Crippen molar-refractivity contribution >= 4 is 15.9 Å². The second kappa shape index (κ2) is 5.67. The number of hydrogen-bond donors (Lipinski definition) is 1. The van der Waals surface area contributed by atoms with Crippen molar-refractivity contribution in [1.82, 2.24) is 15.5 Å². The number of hydrogen-bond acceptors (Lipinski definition) is 4. The zero-order valence-electron chi connectivity index (χ0n) is 10.3. The van der Waals surface area contributed by atoms with Gasteiger partial charge in [0.2, 0.25) is 5.88 Å². The van der Waals surface area contributed by atoms with Crippen LogP contribution in [-0.4, -0.2) is 16.2 Å². The van der Waals surface area contributed by atoms with E-state index in [1.807, 2.05) is 36.4 Å². The standard InChI is InChI=1S/C14H14BrN3O/c15-10-1-6-13(7-2-10)19-14-8-5-12(17-18-14)9-16-11-3-4-11/h1-2,5-8,11,16H,3-4,9H2. The van der Waals surface area contributed by atoms with E-state index in [1.54, 1.807) is 0 Å². The zero-order chi connectivity index (χ0) is 13.1. The Morgan fingerprint density at radius 1 is 1.11 bits per heavy atom. The number of ether oxygens (including phenoxy) is 1. The lowest BCUT2D eigenvalue weighted by Gasteiger charge is -2.05. The van der Waals surface area contributed by atoms with E-state index >= 15 is 0 Å². The number of benzene rings is 1. The minimum absolute atomic E-state index is 0.512. The molecule has 1 aliphatic carbocycles. The third kappa shape index (κ3) is 3.75. The van der Waals surface area contributed by atoms with Crippen molar-refractivity contribution in [1.29, 1.82) is 0 Å². The molecule has 1 aliphatic rings. The molecule has 98 valence electrons. The lowest BCUT2D eigenvalue weighted by molar-refractivity contribution is 0.453. The lowest BCUT2D eigenvalue weighted by atomic mass is 10.3. The Hall–Kier alpha value is -1.46. The average molecular weight is 320 g/mol. The van der Waals surface area contributed by atoms with Crippen molar-refractivity contribution in [3.05, 3.63) is 46.6 Å². The molecule has 0 bridgehead atoms. The fourth-order valence-corrected chi connectivity index (χ4v) is 1.92. The number of nitrogens with zero attached hydrogens (tertiary/aromatic N) is 2. The Morgan fingerprint density at radius 2 is 1.89 bits per heavy atom. The molecule has 3 rings (SSSR count). The summed E-state index contributed by atoms with van der Waals surface area (Å²) < 4.78 is 6.63. The van der Waals surface area contributed by atoms with Gasteiger partial charge in [0.15, 0.2) is 0 Å². The van der Waals surface area contributed by atoms with Gasteiger partial charge >= 0.3 is 0 Å². The van der Waals surface area contributed by atoms with Crippen molar-refractivity contribution in [3.8, 4) is 11.6 Å². The van der Waals surface area contributed by atoms with Gasteiger partial charge in [-0.3, -0.25) is 0 Å². The molecule has 0 amide bonds. The third-order valence-electron chi connectivity index (χ3n) is 2.88. The van der Waals surface area contributed by atoms with E-state index in [1.165, 1.54) is 12.8 Å². The SMILES string of the molecule is Brc1ccc(Oc2ccc(CNC3CC3)nn2)cc1. The smallest absolute Gasteiger partial charge is 0.238 e. The summed E-state index contributed by atoms with van der Waals surface area (Å²) in [6, 6.07) is 12.1. The number of aromatic nitrogens is 2. The summed E-state index contributed by atoms with van der Waals surface area (Å²) in [5.74, 6) is 1.26. The van der Waals surface area contributed by atoms with Gasteiger partial charge < -0.3 is 10.1 Å². The molecule has 1 aromatic carbocycles. The van der Waals surface area contributed by atoms with E-state index in [-0.39, 0.29) is 0 Å². The van der Waals surface area contributed by atoms with Crippen molar-refractivity contribution in [2.45, 2.75) is 25.4 Å². The van der Waals surface area contributed by atoms with E-state index in [4.69, 9.17) is 4.74 Å². The van der Waals surface area contributed by atoms with Gasteiger partial charge in [-0.15, -0.1) is 5.10 Å². The molecule has 0 aliphatic heterocycles. The van der Waals surface area contributed by atoms with Gasteiger partial charge in [0, 0.05) is 23.1 Å². The van der Waals surface area contributed by atoms with Crippen LogP contribution in [0.1, 0.15) is 18.5 Å². The number of halogens is 1. The van der Waals surface area contributed by atoms with Gasteiger partial charge in [0.1, 0.15) is 5.75 Å². The molecule has 5 heteroatoms. The molecule has 19 heavy (non-hydrogen) atoms. The Bertz CT molecular complexity index is 538. The van der Waals surface area contributed by atoms with Crippen LogP contribution in [0.25, 0.3) is 0 Å². The fourth-order valence-electron chi connectivity index (χ4n) is 1.66. The highest BCUT2D eigenvalue weighted by Gasteiger charge is 2.20. The minimum Gasteiger partial charge on any atom is -0.438 e. The van der Waals surface area contributed by atoms with E-state index in [2.05, 4.69) is 31.4 Å². The first kappa shape index (κ1) is 12.6. The molecule has 2 aromatic rings. The van der Waals surface area contributed by atoms with Gasteiger partial charge in [-0.2, -0.15) is 5.10 Å². The zero-order valence-corrected chi connectivity index (χ0v) is 11.9. The van der Waals surface area contributed by atoms with Crippen molar-refractivity contribution in [2.24, 2.45) is 0 Å². The van der Waals surface area contributed by atoms with E-state index in [0.29, 0.717) is 11.9 Å². The van der Waals surface area contributed by atoms with Gasteiger partial charge in [-0.25, -0.2) is 0 Å². The minimum atomic E-state index is 0.512. The summed E-state index contributed by atoms with van der Waals surface area (Å²) in [4.78, 5) is 0. The molecule has 0 saturated heterocycles. The predicted molar refractivity (Wildman–Crippen MR) is 76.1 cm³/mol. The van der Waals surface area contributed by atoms with E-state index in [9.17, 15) is 0 Å². The van der Waals surface area contributed by atoms with E-state index in [0.717, 1.165) is 22.5 Å². The molecule has 1 saturated carbocycles. The second-order valence-electron chi connectivity index (χ2n) is 4.57. The summed E-state index contributed by atoms with van der Waals surface area (Å²) in [6.07, 6.45) is 2.55. The maximum atomic E-state index is 5.61. The first-order chi connectivity index (χ1) is 9.29. The quantitative estimate of drug-likeness (QED) is 0.918. The summed E-state index contributed by atoms with van der Waals surface area (Å²) in [5.41, 5.74) is 0.940. The number of rotatable bonds is 5. The van der Waals surface area contributed by atoms with Gasteiger partial charge in [0.05, 0.1) is 5.69 Å². The Balaban J connectivity index is 1.59. The molecule has 0 unspecified atom stereocenters. The Kier molecular flexibility index (Phi) is 3.75. The highest BCUT2D eigenvalue weighted by atomic mass is 79.9. The maximum Gasteiger partial charge on any atom is 0.238 e. The molecular formula is C14H14BrN3O. The largest absolute Gasteiger partial charge is 0.438 e. The van der Waals surface area contributed by atoms with Crippen LogP contribution in [0.2, 0.25) is 0 Å². The molecular weight excluding hydrogens is 306 g/mol. The van der Waals surface area contributed by atoms with Crippen molar-refractivity contribution in [2.75, 3.05) is 0 Å². The highest BCUT2D eigenvalue weighted by Crippen LogP contribution is 2.21. The van der Waals surface area contributed by atoms with Crippen LogP contribution < -0.4 is 10.1 Å². The van der Waals surface area contributed by atoms with Crippen molar-refractivity contribution < 1.29 is 4.74 Å². The molecule has 4 nitrogen and oxygen atoms in total. The average Bonchev–Trinajstić information content (AvgIpc) is 3.25. The van der Waals surface area contributed by atoms with Crippen LogP contribution in [0.4, 0.5) is 0 Å². The second-order valence-corrected chi connectivity index (χ2v) is 5.49. The summed E-state index contributed by atoms with van der Waals surface area (Å²) in [5, 5.41) is 11.6. The molecule has 0 radical (unpaired) electrons.